The molecule has 110 valence electrons. The van der Waals surface area contributed by atoms with Gasteiger partial charge in [-0.3, -0.25) is 14.4 Å². The lowest BCUT2D eigenvalue weighted by atomic mass is 10.2. The van der Waals surface area contributed by atoms with Crippen molar-refractivity contribution in [3.05, 3.63) is 0 Å². The summed E-state index contributed by atoms with van der Waals surface area (Å²) in [5.41, 5.74) is 0. The lowest BCUT2D eigenvalue weighted by molar-refractivity contribution is -0.144. The van der Waals surface area contributed by atoms with Crippen LogP contribution in [0.5, 0.6) is 0 Å². The Labute approximate surface area is 112 Å². The molecule has 0 fully saturated rings. The summed E-state index contributed by atoms with van der Waals surface area (Å²) in [6.45, 7) is 3.46. The number of sulfone groups is 1. The topological polar surface area (TPSA) is 104 Å². The third-order valence-electron chi connectivity index (χ3n) is 1.94. The number of rotatable bonds is 9. The Balaban J connectivity index is 4.17. The predicted molar refractivity (Wildman–Crippen MR) is 66.2 cm³/mol. The molecule has 7 nitrogen and oxygen atoms in total. The summed E-state index contributed by atoms with van der Waals surface area (Å²) in [5.74, 6) is -3.67. The molecule has 0 amide bonds. The zero-order valence-electron chi connectivity index (χ0n) is 11.0. The molecular formula is C11H18O7S. The highest BCUT2D eigenvalue weighted by molar-refractivity contribution is 7.92. The first-order valence-electron chi connectivity index (χ1n) is 5.84. The smallest absolute Gasteiger partial charge is 0.321 e. The van der Waals surface area contributed by atoms with E-state index < -0.39 is 39.1 Å². The molecule has 8 heteroatoms. The Hall–Kier alpha value is -1.44. The maximum atomic E-state index is 11.5. The number of esters is 2. The van der Waals surface area contributed by atoms with Gasteiger partial charge in [-0.15, -0.1) is 0 Å². The second-order valence-corrected chi connectivity index (χ2v) is 5.75. The van der Waals surface area contributed by atoms with Gasteiger partial charge in [-0.2, -0.15) is 0 Å². The molecular weight excluding hydrogens is 276 g/mol. The van der Waals surface area contributed by atoms with Gasteiger partial charge in [0.2, 0.25) is 0 Å². The molecule has 0 bridgehead atoms. The molecule has 0 aromatic rings. The van der Waals surface area contributed by atoms with Crippen molar-refractivity contribution in [1.29, 1.82) is 0 Å². The Morgan fingerprint density at radius 2 is 1.37 bits per heavy atom. The highest BCUT2D eigenvalue weighted by atomic mass is 32.2. The molecule has 0 saturated carbocycles. The summed E-state index contributed by atoms with van der Waals surface area (Å²) in [5, 5.41) is 0. The van der Waals surface area contributed by atoms with Crippen molar-refractivity contribution in [3.8, 4) is 0 Å². The van der Waals surface area contributed by atoms with Crippen molar-refractivity contribution in [3.63, 3.8) is 0 Å². The third-order valence-corrected chi connectivity index (χ3v) is 3.37. The first kappa shape index (κ1) is 17.6. The van der Waals surface area contributed by atoms with Gasteiger partial charge in [0.15, 0.2) is 9.84 Å². The van der Waals surface area contributed by atoms with Crippen molar-refractivity contribution in [2.24, 2.45) is 0 Å². The van der Waals surface area contributed by atoms with Gasteiger partial charge in [0, 0.05) is 6.42 Å². The van der Waals surface area contributed by atoms with Gasteiger partial charge in [-0.25, -0.2) is 8.42 Å². The van der Waals surface area contributed by atoms with Crippen LogP contribution in [0.25, 0.3) is 0 Å². The van der Waals surface area contributed by atoms with E-state index in [1.807, 2.05) is 0 Å². The zero-order valence-corrected chi connectivity index (χ0v) is 11.8. The summed E-state index contributed by atoms with van der Waals surface area (Å²) < 4.78 is 32.0. The second kappa shape index (κ2) is 8.63. The average molecular weight is 294 g/mol. The van der Waals surface area contributed by atoms with Gasteiger partial charge >= 0.3 is 11.9 Å². The average Bonchev–Trinajstić information content (AvgIpc) is 2.25. The lowest BCUT2D eigenvalue weighted by Gasteiger charge is -2.04. The van der Waals surface area contributed by atoms with Crippen LogP contribution in [-0.2, 0) is 33.7 Å². The Kier molecular flexibility index (Phi) is 7.97. The van der Waals surface area contributed by atoms with Crippen LogP contribution in [0.15, 0.2) is 0 Å². The Morgan fingerprint density at radius 1 is 0.842 bits per heavy atom. The number of hydrogen-bond donors (Lipinski definition) is 0. The highest BCUT2D eigenvalue weighted by Gasteiger charge is 2.21. The summed E-state index contributed by atoms with van der Waals surface area (Å²) in [7, 11) is -3.84. The van der Waals surface area contributed by atoms with E-state index in [4.69, 9.17) is 0 Å². The molecule has 19 heavy (non-hydrogen) atoms. The van der Waals surface area contributed by atoms with Crippen molar-refractivity contribution in [2.75, 3.05) is 24.7 Å². The van der Waals surface area contributed by atoms with Crippen LogP contribution < -0.4 is 0 Å². The number of hydrogen-bond acceptors (Lipinski definition) is 7. The minimum atomic E-state index is -3.84. The van der Waals surface area contributed by atoms with Gasteiger partial charge in [0.1, 0.15) is 17.3 Å². The van der Waals surface area contributed by atoms with E-state index in [-0.39, 0.29) is 26.1 Å². The van der Waals surface area contributed by atoms with Crippen LogP contribution in [0.1, 0.15) is 26.7 Å². The van der Waals surface area contributed by atoms with Crippen LogP contribution in [-0.4, -0.2) is 50.9 Å². The molecule has 0 N–H and O–H groups in total. The predicted octanol–water partition coefficient (Wildman–Crippen LogP) is -0.123. The van der Waals surface area contributed by atoms with Gasteiger partial charge in [0.05, 0.1) is 19.6 Å². The molecule has 0 aliphatic heterocycles. The van der Waals surface area contributed by atoms with E-state index in [2.05, 4.69) is 9.47 Å². The van der Waals surface area contributed by atoms with Gasteiger partial charge in [-0.05, 0) is 13.8 Å². The summed E-state index contributed by atoms with van der Waals surface area (Å²) in [6, 6.07) is 0. The molecule has 0 aromatic carbocycles. The van der Waals surface area contributed by atoms with Crippen molar-refractivity contribution in [1.82, 2.24) is 0 Å². The molecule has 0 saturated heterocycles. The molecule has 0 spiro atoms. The van der Waals surface area contributed by atoms with E-state index in [1.54, 1.807) is 13.8 Å². The van der Waals surface area contributed by atoms with E-state index in [0.717, 1.165) is 0 Å². The summed E-state index contributed by atoms with van der Waals surface area (Å²) >= 11 is 0. The number of carbonyl (C=O) groups excluding carboxylic acids is 3. The Bertz CT molecular complexity index is 424. The maximum Gasteiger partial charge on any atom is 0.321 e. The fourth-order valence-corrected chi connectivity index (χ4v) is 2.40. The number of ether oxygens (including phenoxy) is 2. The first-order chi connectivity index (χ1) is 8.80. The molecule has 0 aliphatic carbocycles. The highest BCUT2D eigenvalue weighted by Crippen LogP contribution is 2.00. The van der Waals surface area contributed by atoms with E-state index in [1.165, 1.54) is 0 Å². The SMILES string of the molecule is CCOC(=O)CCC(=O)CS(=O)(=O)CC(=O)OCC. The van der Waals surface area contributed by atoms with Crippen LogP contribution in [0, 0.1) is 0 Å². The lowest BCUT2D eigenvalue weighted by Crippen LogP contribution is -2.25. The monoisotopic (exact) mass is 294 g/mol. The number of ketones is 1. The second-order valence-electron chi connectivity index (χ2n) is 3.68. The van der Waals surface area contributed by atoms with Crippen LogP contribution in [0.2, 0.25) is 0 Å². The first-order valence-corrected chi connectivity index (χ1v) is 7.66. The molecule has 0 aliphatic rings. The standard InChI is InChI=1S/C11H18O7S/c1-3-17-10(13)6-5-9(12)7-19(15,16)8-11(14)18-4-2/h3-8H2,1-2H3. The largest absolute Gasteiger partial charge is 0.466 e. The fourth-order valence-electron chi connectivity index (χ4n) is 1.23. The van der Waals surface area contributed by atoms with Crippen LogP contribution in [0.4, 0.5) is 0 Å². The Morgan fingerprint density at radius 3 is 1.89 bits per heavy atom. The van der Waals surface area contributed by atoms with Gasteiger partial charge in [0.25, 0.3) is 0 Å². The quantitative estimate of drug-likeness (QED) is 0.546. The normalized spacial score (nSPS) is 10.8. The third kappa shape index (κ3) is 9.18. The minimum Gasteiger partial charge on any atom is -0.466 e. The summed E-state index contributed by atoms with van der Waals surface area (Å²) in [4.78, 5) is 33.4. The van der Waals surface area contributed by atoms with E-state index >= 15 is 0 Å². The molecule has 0 aromatic heterocycles. The molecule has 0 atom stereocenters. The molecule has 0 heterocycles. The van der Waals surface area contributed by atoms with E-state index in [9.17, 15) is 22.8 Å². The van der Waals surface area contributed by atoms with Crippen LogP contribution >= 0.6 is 0 Å². The van der Waals surface area contributed by atoms with Crippen LogP contribution in [0.3, 0.4) is 0 Å². The molecule has 0 radical (unpaired) electrons. The molecule has 0 unspecified atom stereocenters. The zero-order chi connectivity index (χ0) is 14.9. The van der Waals surface area contributed by atoms with Crippen molar-refractivity contribution >= 4 is 27.6 Å². The maximum absolute atomic E-state index is 11.5. The number of carbonyl (C=O) groups is 3. The number of Topliss-reactive ketones (excluding diaryl/α,β-unsaturated/α-hetero) is 1. The van der Waals surface area contributed by atoms with Gasteiger partial charge < -0.3 is 9.47 Å². The minimum absolute atomic E-state index is 0.0746. The van der Waals surface area contributed by atoms with Crippen molar-refractivity contribution < 1.29 is 32.3 Å². The van der Waals surface area contributed by atoms with E-state index in [0.29, 0.717) is 0 Å². The van der Waals surface area contributed by atoms with Gasteiger partial charge in [-0.1, -0.05) is 0 Å². The summed E-state index contributed by atoms with van der Waals surface area (Å²) in [6.07, 6.45) is -0.386. The van der Waals surface area contributed by atoms with Crippen molar-refractivity contribution in [2.45, 2.75) is 26.7 Å². The molecule has 0 rings (SSSR count). The fraction of sp³-hybridized carbons (Fsp3) is 0.727.